The summed E-state index contributed by atoms with van der Waals surface area (Å²) in [5, 5.41) is 3.45. The molecule has 1 aliphatic heterocycles. The molecule has 0 amide bonds. The summed E-state index contributed by atoms with van der Waals surface area (Å²) in [6.07, 6.45) is 2.15. The largest absolute Gasteiger partial charge is 0.496 e. The number of alkyl halides is 1. The fraction of sp³-hybridized carbons (Fsp3) is 0.538. The van der Waals surface area contributed by atoms with Gasteiger partial charge in [0.25, 0.3) is 0 Å². The molecule has 0 aliphatic carbocycles. The minimum atomic E-state index is -0.441. The van der Waals surface area contributed by atoms with Crippen LogP contribution in [0.1, 0.15) is 30.9 Å². The number of rotatable bonds is 3. The standard InChI is InChI=1S/C13H18FNO/c1-13(7-4-8-15-13)12-10(9-14)5-3-6-11(12)16-2/h3,5-6,15H,4,7-9H2,1-2H3. The van der Waals surface area contributed by atoms with Gasteiger partial charge < -0.3 is 10.1 Å². The van der Waals surface area contributed by atoms with Crippen LogP contribution in [0.5, 0.6) is 5.75 Å². The molecule has 0 spiro atoms. The highest BCUT2D eigenvalue weighted by atomic mass is 19.1. The van der Waals surface area contributed by atoms with Crippen molar-refractivity contribution in [3.05, 3.63) is 29.3 Å². The fourth-order valence-electron chi connectivity index (χ4n) is 2.59. The molecule has 1 heterocycles. The zero-order chi connectivity index (χ0) is 11.6. The molecule has 0 radical (unpaired) electrons. The summed E-state index contributed by atoms with van der Waals surface area (Å²) in [5.41, 5.74) is 1.57. The quantitative estimate of drug-likeness (QED) is 0.850. The van der Waals surface area contributed by atoms with Crippen molar-refractivity contribution in [2.24, 2.45) is 0 Å². The predicted octanol–water partition coefficient (Wildman–Crippen LogP) is 2.76. The smallest absolute Gasteiger partial charge is 0.124 e. The van der Waals surface area contributed by atoms with Crippen molar-refractivity contribution in [2.75, 3.05) is 13.7 Å². The Morgan fingerprint density at radius 1 is 1.50 bits per heavy atom. The second-order valence-corrected chi connectivity index (χ2v) is 4.49. The van der Waals surface area contributed by atoms with E-state index >= 15 is 0 Å². The van der Waals surface area contributed by atoms with Crippen LogP contribution < -0.4 is 10.1 Å². The molecule has 1 aromatic rings. The van der Waals surface area contributed by atoms with Crippen LogP contribution in [0, 0.1) is 0 Å². The Bertz CT molecular complexity index is 350. The maximum absolute atomic E-state index is 13.0. The van der Waals surface area contributed by atoms with E-state index in [2.05, 4.69) is 12.2 Å². The number of ether oxygens (including phenoxy) is 1. The Morgan fingerprint density at radius 3 is 2.88 bits per heavy atom. The maximum Gasteiger partial charge on any atom is 0.124 e. The summed E-state index contributed by atoms with van der Waals surface area (Å²) in [4.78, 5) is 0. The molecule has 1 saturated heterocycles. The highest BCUT2D eigenvalue weighted by molar-refractivity contribution is 5.45. The zero-order valence-corrected chi connectivity index (χ0v) is 9.85. The molecule has 88 valence electrons. The predicted molar refractivity (Wildman–Crippen MR) is 62.4 cm³/mol. The Labute approximate surface area is 95.8 Å². The first-order chi connectivity index (χ1) is 7.71. The Kier molecular flexibility index (Phi) is 3.15. The van der Waals surface area contributed by atoms with E-state index in [9.17, 15) is 4.39 Å². The van der Waals surface area contributed by atoms with Crippen LogP contribution in [0.3, 0.4) is 0 Å². The van der Waals surface area contributed by atoms with Crippen LogP contribution >= 0.6 is 0 Å². The lowest BCUT2D eigenvalue weighted by Gasteiger charge is -2.29. The van der Waals surface area contributed by atoms with Gasteiger partial charge in [0, 0.05) is 11.1 Å². The number of hydrogen-bond donors (Lipinski definition) is 1. The molecule has 1 unspecified atom stereocenters. The molecule has 0 aromatic heterocycles. The molecule has 1 aliphatic rings. The van der Waals surface area contributed by atoms with Crippen LogP contribution in [-0.2, 0) is 12.2 Å². The molecule has 2 rings (SSSR count). The molecule has 1 atom stereocenters. The fourth-order valence-corrected chi connectivity index (χ4v) is 2.59. The number of benzene rings is 1. The third-order valence-corrected chi connectivity index (χ3v) is 3.40. The molecule has 1 fully saturated rings. The van der Waals surface area contributed by atoms with E-state index in [1.165, 1.54) is 0 Å². The highest BCUT2D eigenvalue weighted by Crippen LogP contribution is 2.38. The summed E-state index contributed by atoms with van der Waals surface area (Å²) in [7, 11) is 1.64. The van der Waals surface area contributed by atoms with Crippen LogP contribution in [0.15, 0.2) is 18.2 Å². The third kappa shape index (κ3) is 1.80. The number of nitrogens with one attached hydrogen (secondary N) is 1. The monoisotopic (exact) mass is 223 g/mol. The van der Waals surface area contributed by atoms with Gasteiger partial charge in [-0.2, -0.15) is 0 Å². The molecule has 0 bridgehead atoms. The number of methoxy groups -OCH3 is 1. The summed E-state index contributed by atoms with van der Waals surface area (Å²) in [5.74, 6) is 0.784. The van der Waals surface area contributed by atoms with E-state index in [1.807, 2.05) is 18.2 Å². The molecular weight excluding hydrogens is 205 g/mol. The summed E-state index contributed by atoms with van der Waals surface area (Å²) in [6, 6.07) is 5.58. The summed E-state index contributed by atoms with van der Waals surface area (Å²) >= 11 is 0. The molecule has 1 aromatic carbocycles. The third-order valence-electron chi connectivity index (χ3n) is 3.40. The Balaban J connectivity index is 2.51. The molecule has 0 saturated carbocycles. The van der Waals surface area contributed by atoms with Gasteiger partial charge in [-0.15, -0.1) is 0 Å². The van der Waals surface area contributed by atoms with Crippen LogP contribution in [0.4, 0.5) is 4.39 Å². The van der Waals surface area contributed by atoms with E-state index in [0.29, 0.717) is 0 Å². The van der Waals surface area contributed by atoms with Crippen LogP contribution in [0.25, 0.3) is 0 Å². The number of halogens is 1. The summed E-state index contributed by atoms with van der Waals surface area (Å²) in [6.45, 7) is 2.67. The minimum absolute atomic E-state index is 0.145. The summed E-state index contributed by atoms with van der Waals surface area (Å²) < 4.78 is 18.4. The van der Waals surface area contributed by atoms with Gasteiger partial charge in [-0.25, -0.2) is 4.39 Å². The van der Waals surface area contributed by atoms with Crippen molar-refractivity contribution in [1.29, 1.82) is 0 Å². The van der Waals surface area contributed by atoms with Gasteiger partial charge in [0.2, 0.25) is 0 Å². The van der Waals surface area contributed by atoms with E-state index in [0.717, 1.165) is 36.3 Å². The molecule has 3 heteroatoms. The van der Waals surface area contributed by atoms with Crippen LogP contribution in [-0.4, -0.2) is 13.7 Å². The molecule has 2 nitrogen and oxygen atoms in total. The molecule has 16 heavy (non-hydrogen) atoms. The van der Waals surface area contributed by atoms with E-state index in [1.54, 1.807) is 7.11 Å². The van der Waals surface area contributed by atoms with E-state index in [4.69, 9.17) is 4.74 Å². The van der Waals surface area contributed by atoms with Crippen LogP contribution in [0.2, 0.25) is 0 Å². The van der Waals surface area contributed by atoms with Crippen molar-refractivity contribution in [3.8, 4) is 5.75 Å². The van der Waals surface area contributed by atoms with Gasteiger partial charge >= 0.3 is 0 Å². The highest BCUT2D eigenvalue weighted by Gasteiger charge is 2.34. The first-order valence-electron chi connectivity index (χ1n) is 5.68. The maximum atomic E-state index is 13.0. The van der Waals surface area contributed by atoms with Crippen molar-refractivity contribution in [2.45, 2.75) is 32.0 Å². The van der Waals surface area contributed by atoms with E-state index < -0.39 is 6.67 Å². The van der Waals surface area contributed by atoms with Crippen molar-refractivity contribution in [3.63, 3.8) is 0 Å². The van der Waals surface area contributed by atoms with E-state index in [-0.39, 0.29) is 5.54 Å². The lowest BCUT2D eigenvalue weighted by atomic mass is 9.86. The first-order valence-corrected chi connectivity index (χ1v) is 5.68. The lowest BCUT2D eigenvalue weighted by molar-refractivity contribution is 0.362. The normalized spacial score (nSPS) is 24.7. The molecular formula is C13H18FNO. The van der Waals surface area contributed by atoms with Crippen molar-refractivity contribution < 1.29 is 9.13 Å². The second kappa shape index (κ2) is 4.42. The Hall–Kier alpha value is -1.09. The van der Waals surface area contributed by atoms with Gasteiger partial charge in [0.05, 0.1) is 7.11 Å². The lowest BCUT2D eigenvalue weighted by Crippen LogP contribution is -2.34. The van der Waals surface area contributed by atoms with Gasteiger partial charge in [-0.3, -0.25) is 0 Å². The SMILES string of the molecule is COc1cccc(CF)c1C1(C)CCCN1. The van der Waals surface area contributed by atoms with Gasteiger partial charge in [0.1, 0.15) is 12.4 Å². The topological polar surface area (TPSA) is 21.3 Å². The number of hydrogen-bond acceptors (Lipinski definition) is 2. The average Bonchev–Trinajstić information content (AvgIpc) is 2.76. The first kappa shape index (κ1) is 11.4. The Morgan fingerprint density at radius 2 is 2.31 bits per heavy atom. The van der Waals surface area contributed by atoms with Gasteiger partial charge in [-0.05, 0) is 37.9 Å². The minimum Gasteiger partial charge on any atom is -0.496 e. The van der Waals surface area contributed by atoms with Crippen molar-refractivity contribution >= 4 is 0 Å². The van der Waals surface area contributed by atoms with Crippen molar-refractivity contribution in [1.82, 2.24) is 5.32 Å². The molecule has 1 N–H and O–H groups in total. The average molecular weight is 223 g/mol. The van der Waals surface area contributed by atoms with Gasteiger partial charge in [0.15, 0.2) is 0 Å². The second-order valence-electron chi connectivity index (χ2n) is 4.49. The zero-order valence-electron chi connectivity index (χ0n) is 9.85. The van der Waals surface area contributed by atoms with Gasteiger partial charge in [-0.1, -0.05) is 12.1 Å².